The lowest BCUT2D eigenvalue weighted by Gasteiger charge is -2.06. The SMILES string of the molecule is O=COc1nc2cc(-c3ccc(F)cc3)ccn2c1-c1ccc2[nH]ccc2c1. The number of pyridine rings is 1. The van der Waals surface area contributed by atoms with Crippen LogP contribution in [0.25, 0.3) is 38.9 Å². The third-order valence-electron chi connectivity index (χ3n) is 4.76. The number of carbonyl (C=O) groups excluding carboxylic acids is 1. The van der Waals surface area contributed by atoms with Crippen LogP contribution in [0.5, 0.6) is 5.88 Å². The minimum Gasteiger partial charge on any atom is -0.407 e. The van der Waals surface area contributed by atoms with Crippen molar-refractivity contribution in [2.45, 2.75) is 0 Å². The van der Waals surface area contributed by atoms with Crippen molar-refractivity contribution < 1.29 is 13.9 Å². The van der Waals surface area contributed by atoms with Gasteiger partial charge in [-0.05, 0) is 53.6 Å². The summed E-state index contributed by atoms with van der Waals surface area (Å²) in [6.07, 6.45) is 3.75. The summed E-state index contributed by atoms with van der Waals surface area (Å²) in [6, 6.07) is 18.0. The molecule has 0 aliphatic rings. The molecule has 0 saturated heterocycles. The van der Waals surface area contributed by atoms with Gasteiger partial charge in [0.25, 0.3) is 6.47 Å². The molecule has 0 amide bonds. The summed E-state index contributed by atoms with van der Waals surface area (Å²) in [5.41, 5.74) is 4.99. The van der Waals surface area contributed by atoms with Crippen molar-refractivity contribution in [3.8, 4) is 28.3 Å². The minimum absolute atomic E-state index is 0.237. The third-order valence-corrected chi connectivity index (χ3v) is 4.76. The van der Waals surface area contributed by atoms with Crippen molar-refractivity contribution in [3.63, 3.8) is 0 Å². The molecule has 0 atom stereocenters. The van der Waals surface area contributed by atoms with Gasteiger partial charge in [-0.3, -0.25) is 9.20 Å². The molecule has 0 bridgehead atoms. The number of ether oxygens (including phenoxy) is 1. The van der Waals surface area contributed by atoms with Crippen LogP contribution in [0, 0.1) is 5.82 Å². The molecule has 3 heterocycles. The first-order chi connectivity index (χ1) is 13.7. The topological polar surface area (TPSA) is 59.4 Å². The highest BCUT2D eigenvalue weighted by Gasteiger charge is 2.17. The number of fused-ring (bicyclic) bond motifs is 2. The maximum Gasteiger partial charge on any atom is 0.299 e. The maximum absolute atomic E-state index is 13.2. The highest BCUT2D eigenvalue weighted by Crippen LogP contribution is 2.34. The fourth-order valence-electron chi connectivity index (χ4n) is 3.44. The van der Waals surface area contributed by atoms with Gasteiger partial charge < -0.3 is 9.72 Å². The van der Waals surface area contributed by atoms with Crippen molar-refractivity contribution in [2.75, 3.05) is 0 Å². The number of aromatic amines is 1. The molecule has 3 aromatic heterocycles. The quantitative estimate of drug-likeness (QED) is 0.461. The Morgan fingerprint density at radius 3 is 2.61 bits per heavy atom. The molecule has 0 spiro atoms. The number of rotatable bonds is 4. The summed E-state index contributed by atoms with van der Waals surface area (Å²) in [4.78, 5) is 18.7. The zero-order chi connectivity index (χ0) is 19.1. The second-order valence-electron chi connectivity index (χ2n) is 6.41. The molecule has 0 saturated carbocycles. The number of nitrogens with one attached hydrogen (secondary N) is 1. The number of benzene rings is 2. The molecule has 5 nitrogen and oxygen atoms in total. The Balaban J connectivity index is 1.69. The van der Waals surface area contributed by atoms with E-state index in [1.807, 2.05) is 53.2 Å². The van der Waals surface area contributed by atoms with E-state index in [0.717, 1.165) is 27.6 Å². The van der Waals surface area contributed by atoms with Gasteiger partial charge >= 0.3 is 0 Å². The van der Waals surface area contributed by atoms with Crippen LogP contribution in [-0.2, 0) is 4.79 Å². The predicted molar refractivity (Wildman–Crippen MR) is 105 cm³/mol. The molecule has 0 aliphatic carbocycles. The van der Waals surface area contributed by atoms with E-state index in [1.54, 1.807) is 12.1 Å². The molecule has 5 aromatic rings. The first-order valence-corrected chi connectivity index (χ1v) is 8.69. The summed E-state index contributed by atoms with van der Waals surface area (Å²) in [6.45, 7) is 0.376. The third kappa shape index (κ3) is 2.63. The summed E-state index contributed by atoms with van der Waals surface area (Å²) >= 11 is 0. The zero-order valence-electron chi connectivity index (χ0n) is 14.6. The van der Waals surface area contributed by atoms with E-state index in [0.29, 0.717) is 17.8 Å². The predicted octanol–water partition coefficient (Wildman–Crippen LogP) is 4.82. The lowest BCUT2D eigenvalue weighted by atomic mass is 10.1. The van der Waals surface area contributed by atoms with Gasteiger partial charge in [0.05, 0.1) is 0 Å². The number of hydrogen-bond acceptors (Lipinski definition) is 3. The van der Waals surface area contributed by atoms with Gasteiger partial charge in [0, 0.05) is 28.9 Å². The fraction of sp³-hybridized carbons (Fsp3) is 0. The minimum atomic E-state index is -0.283. The van der Waals surface area contributed by atoms with Gasteiger partial charge in [0.15, 0.2) is 0 Å². The van der Waals surface area contributed by atoms with E-state index in [2.05, 4.69) is 9.97 Å². The zero-order valence-corrected chi connectivity index (χ0v) is 14.6. The average Bonchev–Trinajstić information content (AvgIpc) is 3.31. The van der Waals surface area contributed by atoms with Crippen LogP contribution in [-0.4, -0.2) is 20.8 Å². The Bertz CT molecular complexity index is 1320. The molecule has 5 rings (SSSR count). The maximum atomic E-state index is 13.2. The summed E-state index contributed by atoms with van der Waals surface area (Å²) in [7, 11) is 0. The lowest BCUT2D eigenvalue weighted by molar-refractivity contribution is -0.120. The Morgan fingerprint density at radius 2 is 1.79 bits per heavy atom. The number of nitrogens with zero attached hydrogens (tertiary/aromatic N) is 2. The standard InChI is InChI=1S/C22H14FN3O2/c23-18-4-1-14(2-5-18)15-8-10-26-20(12-15)25-22(28-13-27)21(26)17-3-6-19-16(11-17)7-9-24-19/h1-13,24H. The number of imidazole rings is 1. The smallest absolute Gasteiger partial charge is 0.299 e. The summed E-state index contributed by atoms with van der Waals surface area (Å²) in [5.74, 6) is -0.0455. The van der Waals surface area contributed by atoms with Crippen LogP contribution < -0.4 is 4.74 Å². The second kappa shape index (κ2) is 6.35. The van der Waals surface area contributed by atoms with Crippen LogP contribution in [0.4, 0.5) is 4.39 Å². The fourth-order valence-corrected chi connectivity index (χ4v) is 3.44. The van der Waals surface area contributed by atoms with E-state index >= 15 is 0 Å². The Kier molecular flexibility index (Phi) is 3.69. The van der Waals surface area contributed by atoms with E-state index in [1.165, 1.54) is 12.1 Å². The molecule has 28 heavy (non-hydrogen) atoms. The summed E-state index contributed by atoms with van der Waals surface area (Å²) in [5, 5.41) is 1.05. The van der Waals surface area contributed by atoms with Gasteiger partial charge in [-0.15, -0.1) is 0 Å². The van der Waals surface area contributed by atoms with E-state index in [9.17, 15) is 9.18 Å². The van der Waals surface area contributed by atoms with E-state index in [-0.39, 0.29) is 11.7 Å². The molecule has 2 aromatic carbocycles. The molecule has 0 unspecified atom stereocenters. The van der Waals surface area contributed by atoms with Crippen LogP contribution in [0.3, 0.4) is 0 Å². The van der Waals surface area contributed by atoms with Crippen molar-refractivity contribution in [3.05, 3.63) is 78.9 Å². The van der Waals surface area contributed by atoms with Crippen LogP contribution >= 0.6 is 0 Å². The summed E-state index contributed by atoms with van der Waals surface area (Å²) < 4.78 is 20.2. The van der Waals surface area contributed by atoms with Gasteiger partial charge in [-0.2, -0.15) is 4.98 Å². The largest absolute Gasteiger partial charge is 0.407 e. The van der Waals surface area contributed by atoms with E-state index < -0.39 is 0 Å². The van der Waals surface area contributed by atoms with Crippen molar-refractivity contribution in [1.29, 1.82) is 0 Å². The lowest BCUT2D eigenvalue weighted by Crippen LogP contribution is -1.93. The Morgan fingerprint density at radius 1 is 0.964 bits per heavy atom. The molecular weight excluding hydrogens is 357 g/mol. The first-order valence-electron chi connectivity index (χ1n) is 8.69. The molecule has 6 heteroatoms. The number of carbonyl (C=O) groups is 1. The monoisotopic (exact) mass is 371 g/mol. The van der Waals surface area contributed by atoms with Gasteiger partial charge in [0.2, 0.25) is 5.88 Å². The van der Waals surface area contributed by atoms with Crippen LogP contribution in [0.2, 0.25) is 0 Å². The highest BCUT2D eigenvalue weighted by molar-refractivity contribution is 5.86. The van der Waals surface area contributed by atoms with Crippen molar-refractivity contribution in [1.82, 2.24) is 14.4 Å². The Labute approximate surface area is 159 Å². The number of hydrogen-bond donors (Lipinski definition) is 1. The Hall–Kier alpha value is -3.93. The van der Waals surface area contributed by atoms with Crippen molar-refractivity contribution in [2.24, 2.45) is 0 Å². The number of halogens is 1. The molecule has 1 N–H and O–H groups in total. The van der Waals surface area contributed by atoms with Gasteiger partial charge in [-0.1, -0.05) is 18.2 Å². The van der Waals surface area contributed by atoms with Gasteiger partial charge in [0.1, 0.15) is 17.2 Å². The van der Waals surface area contributed by atoms with Crippen LogP contribution in [0.15, 0.2) is 73.1 Å². The number of H-pyrrole nitrogens is 1. The van der Waals surface area contributed by atoms with Crippen molar-refractivity contribution >= 4 is 23.0 Å². The molecule has 0 fully saturated rings. The molecule has 0 aliphatic heterocycles. The highest BCUT2D eigenvalue weighted by atomic mass is 19.1. The second-order valence-corrected chi connectivity index (χ2v) is 6.41. The average molecular weight is 371 g/mol. The first kappa shape index (κ1) is 16.3. The molecule has 136 valence electrons. The van der Waals surface area contributed by atoms with Crippen LogP contribution in [0.1, 0.15) is 0 Å². The van der Waals surface area contributed by atoms with Gasteiger partial charge in [-0.25, -0.2) is 4.39 Å². The molecule has 0 radical (unpaired) electrons. The number of aromatic nitrogens is 3. The van der Waals surface area contributed by atoms with E-state index in [4.69, 9.17) is 4.74 Å². The normalized spacial score (nSPS) is 11.2. The molecular formula is C22H14FN3O2.